The van der Waals surface area contributed by atoms with Crippen LogP contribution in [0.5, 0.6) is 0 Å². The van der Waals surface area contributed by atoms with Crippen molar-refractivity contribution in [2.75, 3.05) is 11.9 Å². The molecular weight excluding hydrogens is 668 g/mol. The van der Waals surface area contributed by atoms with E-state index < -0.39 is 24.2 Å². The summed E-state index contributed by atoms with van der Waals surface area (Å²) in [6.45, 7) is 7.35. The Labute approximate surface area is 311 Å². The molecule has 10 nitrogen and oxygen atoms in total. The van der Waals surface area contributed by atoms with Crippen molar-refractivity contribution in [3.8, 4) is 11.1 Å². The second-order valence-corrected chi connectivity index (χ2v) is 15.3. The Kier molecular flexibility index (Phi) is 11.5. The van der Waals surface area contributed by atoms with Gasteiger partial charge >= 0.3 is 5.97 Å². The number of ketones is 1. The van der Waals surface area contributed by atoms with Crippen LogP contribution in [0.25, 0.3) is 11.1 Å². The third kappa shape index (κ3) is 9.43. The molecule has 2 fully saturated rings. The fourth-order valence-corrected chi connectivity index (χ4v) is 7.03. The van der Waals surface area contributed by atoms with Gasteiger partial charge in [-0.2, -0.15) is 0 Å². The molecule has 1 atom stereocenters. The van der Waals surface area contributed by atoms with Gasteiger partial charge < -0.3 is 20.6 Å². The Morgan fingerprint density at radius 1 is 0.849 bits per heavy atom. The Bertz CT molecular complexity index is 2010. The number of carbonyl (C=O) groups is 3. The summed E-state index contributed by atoms with van der Waals surface area (Å²) < 4.78 is 0. The molecule has 0 aliphatic heterocycles. The van der Waals surface area contributed by atoms with Crippen LogP contribution in [0.1, 0.15) is 124 Å². The monoisotopic (exact) mass is 718 g/mol. The van der Waals surface area contributed by atoms with Gasteiger partial charge in [0.2, 0.25) is 0 Å². The van der Waals surface area contributed by atoms with Crippen molar-refractivity contribution in [2.24, 2.45) is 0 Å². The van der Waals surface area contributed by atoms with Crippen LogP contribution in [0.4, 0.5) is 5.69 Å². The molecule has 0 spiro atoms. The van der Waals surface area contributed by atoms with Crippen molar-refractivity contribution in [3.63, 3.8) is 0 Å². The van der Waals surface area contributed by atoms with E-state index in [9.17, 15) is 29.7 Å². The average Bonchev–Trinajstić information content (AvgIpc) is 4.05. The summed E-state index contributed by atoms with van der Waals surface area (Å²) in [5.41, 5.74) is 9.59. The number of aromatic nitrogens is 2. The maximum Gasteiger partial charge on any atom is 0.323 e. The number of carboxylic acid groups (broad SMARTS) is 1. The van der Waals surface area contributed by atoms with E-state index in [2.05, 4.69) is 20.6 Å². The maximum atomic E-state index is 13.6. The molecule has 2 heterocycles. The molecule has 0 radical (unpaired) electrons. The largest absolute Gasteiger partial charge is 0.480 e. The zero-order valence-corrected chi connectivity index (χ0v) is 31.0. The van der Waals surface area contributed by atoms with Crippen LogP contribution in [0.15, 0.2) is 60.9 Å². The lowest BCUT2D eigenvalue weighted by molar-refractivity contribution is -0.140. The molecule has 2 aliphatic rings. The van der Waals surface area contributed by atoms with E-state index in [0.29, 0.717) is 35.3 Å². The molecule has 0 saturated heterocycles. The minimum atomic E-state index is -1.12. The summed E-state index contributed by atoms with van der Waals surface area (Å²) in [6, 6.07) is 14.5. The van der Waals surface area contributed by atoms with Gasteiger partial charge in [-0.3, -0.25) is 29.7 Å². The van der Waals surface area contributed by atoms with E-state index in [4.69, 9.17) is 0 Å². The molecule has 0 unspecified atom stereocenters. The fourth-order valence-electron chi connectivity index (χ4n) is 7.03. The maximum absolute atomic E-state index is 13.6. The van der Waals surface area contributed by atoms with Crippen LogP contribution in [-0.2, 0) is 24.2 Å². The quantitative estimate of drug-likeness (QED) is 0.0738. The van der Waals surface area contributed by atoms with Gasteiger partial charge in [0.1, 0.15) is 17.4 Å². The van der Waals surface area contributed by atoms with Crippen LogP contribution in [0, 0.1) is 13.8 Å². The number of anilines is 1. The molecule has 278 valence electrons. The lowest BCUT2D eigenvalue weighted by Crippen LogP contribution is -2.39. The lowest BCUT2D eigenvalue weighted by atomic mass is 9.90. The second kappa shape index (κ2) is 16.1. The number of pyridine rings is 2. The average molecular weight is 719 g/mol. The summed E-state index contributed by atoms with van der Waals surface area (Å²) in [5.74, 6) is -0.727. The number of aryl methyl sites for hydroxylation is 1. The molecule has 10 heteroatoms. The van der Waals surface area contributed by atoms with Gasteiger partial charge in [-0.05, 0) is 153 Å². The minimum Gasteiger partial charge on any atom is -0.480 e. The molecular formula is C43H50N4O6. The lowest BCUT2D eigenvalue weighted by Gasteiger charge is -2.18. The number of Topliss-reactive ketones (excluding diaryl/α,β-unsaturated/α-hetero) is 1. The van der Waals surface area contributed by atoms with E-state index in [-0.39, 0.29) is 24.7 Å². The summed E-state index contributed by atoms with van der Waals surface area (Å²) >= 11 is 0. The Hall–Kier alpha value is -4.77. The molecule has 6 rings (SSSR count). The molecule has 2 aromatic carbocycles. The summed E-state index contributed by atoms with van der Waals surface area (Å²) in [7, 11) is 0. The zero-order valence-electron chi connectivity index (χ0n) is 31.0. The number of amides is 1. The van der Waals surface area contributed by atoms with Gasteiger partial charge in [0.15, 0.2) is 5.78 Å². The SMILES string of the molecule is Cc1c(CC(=O)c2cc(C3CC3)c(CN[C@H](CO)C(=O)O)cn2)cccc1-c1cccc(NC(=O)c2cc(C3CC3)c(CCCC(C)(C)O)cn2)c1C. The van der Waals surface area contributed by atoms with Crippen molar-refractivity contribution < 1.29 is 29.7 Å². The van der Waals surface area contributed by atoms with Crippen molar-refractivity contribution in [3.05, 3.63) is 111 Å². The number of benzene rings is 2. The Balaban J connectivity index is 1.17. The first-order valence-corrected chi connectivity index (χ1v) is 18.6. The van der Waals surface area contributed by atoms with Gasteiger partial charge in [0.25, 0.3) is 5.91 Å². The van der Waals surface area contributed by atoms with E-state index in [1.807, 2.05) is 82.4 Å². The predicted molar refractivity (Wildman–Crippen MR) is 204 cm³/mol. The topological polar surface area (TPSA) is 162 Å². The standard InChI is InChI=1S/C43H50N4O6/c1-25-29(18-40(49)37-19-35(28-15-16-28)31(22-44-37)23-46-39(24-48)42(51)52)8-5-10-32(25)33-11-6-12-36(26(33)2)47-41(50)38-20-34(27-13-14-27)30(21-45-38)9-7-17-43(3,4)53/h5-6,8,10-12,19-22,27-28,39,46,48,53H,7,9,13-18,23-24H2,1-4H3,(H,47,50)(H,51,52)/t39-/m1/s1. The second-order valence-electron chi connectivity index (χ2n) is 15.3. The summed E-state index contributed by atoms with van der Waals surface area (Å²) in [5, 5.41) is 34.8. The van der Waals surface area contributed by atoms with Crippen LogP contribution in [0.3, 0.4) is 0 Å². The molecule has 0 bridgehead atoms. The van der Waals surface area contributed by atoms with Gasteiger partial charge in [0.05, 0.1) is 12.2 Å². The molecule has 53 heavy (non-hydrogen) atoms. The fraction of sp³-hybridized carbons (Fsp3) is 0.419. The molecule has 4 aromatic rings. The van der Waals surface area contributed by atoms with Gasteiger partial charge in [-0.1, -0.05) is 30.3 Å². The van der Waals surface area contributed by atoms with E-state index in [1.165, 1.54) is 5.56 Å². The van der Waals surface area contributed by atoms with Crippen molar-refractivity contribution in [1.29, 1.82) is 0 Å². The first-order chi connectivity index (χ1) is 25.3. The summed E-state index contributed by atoms with van der Waals surface area (Å²) in [6.07, 6.45) is 10.2. The third-order valence-corrected chi connectivity index (χ3v) is 10.5. The molecule has 2 aliphatic carbocycles. The van der Waals surface area contributed by atoms with Crippen LogP contribution >= 0.6 is 0 Å². The number of hydrogen-bond acceptors (Lipinski definition) is 8. The highest BCUT2D eigenvalue weighted by Gasteiger charge is 2.29. The number of carboxylic acids is 1. The van der Waals surface area contributed by atoms with Crippen molar-refractivity contribution >= 4 is 23.3 Å². The Morgan fingerprint density at radius 3 is 2.09 bits per heavy atom. The highest BCUT2D eigenvalue weighted by molar-refractivity contribution is 6.04. The van der Waals surface area contributed by atoms with E-state index in [0.717, 1.165) is 83.0 Å². The van der Waals surface area contributed by atoms with Gasteiger partial charge in [-0.25, -0.2) is 0 Å². The van der Waals surface area contributed by atoms with Gasteiger partial charge in [-0.15, -0.1) is 0 Å². The smallest absolute Gasteiger partial charge is 0.323 e. The zero-order chi connectivity index (χ0) is 37.9. The highest BCUT2D eigenvalue weighted by Crippen LogP contribution is 2.43. The summed E-state index contributed by atoms with van der Waals surface area (Å²) in [4.78, 5) is 47.6. The number of aliphatic hydroxyl groups excluding tert-OH is 1. The number of aliphatic hydroxyl groups is 2. The normalized spacial score (nSPS) is 14.9. The number of hydrogen-bond donors (Lipinski definition) is 5. The predicted octanol–water partition coefficient (Wildman–Crippen LogP) is 6.82. The number of nitrogens with zero attached hydrogens (tertiary/aromatic N) is 2. The van der Waals surface area contributed by atoms with Crippen molar-refractivity contribution in [2.45, 2.75) is 109 Å². The number of rotatable bonds is 17. The van der Waals surface area contributed by atoms with Crippen LogP contribution in [0.2, 0.25) is 0 Å². The molecule has 2 saturated carbocycles. The minimum absolute atomic E-state index is 0.107. The number of carbonyl (C=O) groups excluding carboxylic acids is 2. The van der Waals surface area contributed by atoms with Crippen molar-refractivity contribution in [1.82, 2.24) is 15.3 Å². The molecule has 5 N–H and O–H groups in total. The first kappa shape index (κ1) is 38.0. The Morgan fingerprint density at radius 2 is 1.45 bits per heavy atom. The molecule has 2 aromatic heterocycles. The third-order valence-electron chi connectivity index (χ3n) is 10.5. The first-order valence-electron chi connectivity index (χ1n) is 18.6. The van der Waals surface area contributed by atoms with Crippen LogP contribution in [-0.4, -0.2) is 61.2 Å². The van der Waals surface area contributed by atoms with Gasteiger partial charge in [0, 0.05) is 31.0 Å². The van der Waals surface area contributed by atoms with E-state index >= 15 is 0 Å². The molecule has 1 amide bonds. The number of aliphatic carboxylic acids is 1. The number of nitrogens with one attached hydrogen (secondary N) is 2. The highest BCUT2D eigenvalue weighted by atomic mass is 16.4. The van der Waals surface area contributed by atoms with Crippen LogP contribution < -0.4 is 10.6 Å². The van der Waals surface area contributed by atoms with E-state index in [1.54, 1.807) is 6.20 Å².